The van der Waals surface area contributed by atoms with Crippen molar-refractivity contribution in [1.29, 1.82) is 0 Å². The van der Waals surface area contributed by atoms with Crippen LogP contribution in [0.4, 0.5) is 0 Å². The number of benzene rings is 2. The van der Waals surface area contributed by atoms with Gasteiger partial charge in [-0.05, 0) is 31.4 Å². The number of imidazole rings is 1. The van der Waals surface area contributed by atoms with Gasteiger partial charge in [0.15, 0.2) is 0 Å². The van der Waals surface area contributed by atoms with Crippen LogP contribution in [-0.4, -0.2) is 49.6 Å². The Balaban J connectivity index is 1.56. The molecule has 0 N–H and O–H groups in total. The highest BCUT2D eigenvalue weighted by Crippen LogP contribution is 2.34. The molecule has 1 saturated heterocycles. The lowest BCUT2D eigenvalue weighted by atomic mass is 10.1. The summed E-state index contributed by atoms with van der Waals surface area (Å²) in [5.74, 6) is 1.91. The number of aryl methyl sites for hydroxylation is 1. The Bertz CT molecular complexity index is 1160. The normalized spacial score (nSPS) is 17.1. The predicted molar refractivity (Wildman–Crippen MR) is 119 cm³/mol. The van der Waals surface area contributed by atoms with Crippen LogP contribution in [0.3, 0.4) is 0 Å². The van der Waals surface area contributed by atoms with Gasteiger partial charge in [0.2, 0.25) is 10.0 Å². The molecular weight excluding hydrogens is 414 g/mol. The average Bonchev–Trinajstić information content (AvgIpc) is 3.42. The van der Waals surface area contributed by atoms with Crippen molar-refractivity contribution in [2.24, 2.45) is 5.92 Å². The molecule has 1 aromatic heterocycles. The summed E-state index contributed by atoms with van der Waals surface area (Å²) in [6.45, 7) is 3.68. The molecule has 0 saturated carbocycles. The lowest BCUT2D eigenvalue weighted by Gasteiger charge is -2.20. The Morgan fingerprint density at radius 3 is 2.58 bits per heavy atom. The number of nitrogens with zero attached hydrogens (tertiary/aromatic N) is 3. The molecule has 4 rings (SSSR count). The van der Waals surface area contributed by atoms with Gasteiger partial charge in [-0.15, -0.1) is 0 Å². The van der Waals surface area contributed by atoms with Gasteiger partial charge in [-0.25, -0.2) is 13.4 Å². The Morgan fingerprint density at radius 2 is 1.87 bits per heavy atom. The second kappa shape index (κ2) is 8.72. The van der Waals surface area contributed by atoms with Gasteiger partial charge in [-0.2, -0.15) is 4.31 Å². The van der Waals surface area contributed by atoms with Gasteiger partial charge in [0.25, 0.3) is 0 Å². The number of aromatic nitrogens is 2. The van der Waals surface area contributed by atoms with Gasteiger partial charge in [-0.1, -0.05) is 30.3 Å². The maximum absolute atomic E-state index is 13.4. The standard InChI is InChI=1S/C23H27N3O4S/c1-17-14-24-23(19-7-5-4-6-8-19)26(17)16-18-11-12-25(15-18)31(27,28)22-13-20(29-2)9-10-21(22)30-3/h4-10,13-14,18H,11-12,15-16H2,1-3H3. The molecule has 0 bridgehead atoms. The minimum absolute atomic E-state index is 0.138. The van der Waals surface area contributed by atoms with Gasteiger partial charge < -0.3 is 14.0 Å². The van der Waals surface area contributed by atoms with E-state index in [0.717, 1.165) is 30.0 Å². The maximum atomic E-state index is 13.4. The largest absolute Gasteiger partial charge is 0.497 e. The first-order valence-corrected chi connectivity index (χ1v) is 11.7. The zero-order chi connectivity index (χ0) is 22.0. The summed E-state index contributed by atoms with van der Waals surface area (Å²) >= 11 is 0. The van der Waals surface area contributed by atoms with Crippen molar-refractivity contribution in [2.75, 3.05) is 27.3 Å². The second-order valence-corrected chi connectivity index (χ2v) is 9.64. The van der Waals surface area contributed by atoms with E-state index in [1.54, 1.807) is 16.4 Å². The molecule has 2 aromatic carbocycles. The molecule has 0 amide bonds. The molecule has 1 aliphatic rings. The van der Waals surface area contributed by atoms with Crippen molar-refractivity contribution < 1.29 is 17.9 Å². The summed E-state index contributed by atoms with van der Waals surface area (Å²) in [5.41, 5.74) is 2.12. The van der Waals surface area contributed by atoms with E-state index in [1.165, 1.54) is 20.3 Å². The van der Waals surface area contributed by atoms with Crippen LogP contribution in [0, 0.1) is 12.8 Å². The molecular formula is C23H27N3O4S. The number of hydrogen-bond donors (Lipinski definition) is 0. The molecule has 3 aromatic rings. The highest BCUT2D eigenvalue weighted by molar-refractivity contribution is 7.89. The number of sulfonamides is 1. The zero-order valence-electron chi connectivity index (χ0n) is 18.0. The molecule has 1 atom stereocenters. The van der Waals surface area contributed by atoms with Crippen LogP contribution in [-0.2, 0) is 16.6 Å². The molecule has 7 nitrogen and oxygen atoms in total. The number of hydrogen-bond acceptors (Lipinski definition) is 5. The van der Waals surface area contributed by atoms with Crippen LogP contribution in [0.5, 0.6) is 11.5 Å². The summed E-state index contributed by atoms with van der Waals surface area (Å²) in [6.07, 6.45) is 2.66. The highest BCUT2D eigenvalue weighted by atomic mass is 32.2. The zero-order valence-corrected chi connectivity index (χ0v) is 18.8. The van der Waals surface area contributed by atoms with Gasteiger partial charge in [0, 0.05) is 43.2 Å². The molecule has 0 aliphatic carbocycles. The summed E-state index contributed by atoms with van der Waals surface area (Å²) < 4.78 is 41.0. The molecule has 0 spiro atoms. The molecule has 8 heteroatoms. The van der Waals surface area contributed by atoms with Crippen LogP contribution in [0.25, 0.3) is 11.4 Å². The van der Waals surface area contributed by atoms with Gasteiger partial charge in [0.1, 0.15) is 22.2 Å². The number of methoxy groups -OCH3 is 2. The van der Waals surface area contributed by atoms with Crippen molar-refractivity contribution in [2.45, 2.75) is 24.8 Å². The SMILES string of the molecule is COc1ccc(OC)c(S(=O)(=O)N2CCC(Cn3c(C)cnc3-c3ccccc3)C2)c1. The van der Waals surface area contributed by atoms with E-state index in [2.05, 4.69) is 9.55 Å². The first kappa shape index (κ1) is 21.4. The number of ether oxygens (including phenoxy) is 2. The van der Waals surface area contributed by atoms with Crippen molar-refractivity contribution in [3.8, 4) is 22.9 Å². The minimum atomic E-state index is -3.69. The molecule has 164 valence electrons. The fraction of sp³-hybridized carbons (Fsp3) is 0.348. The van der Waals surface area contributed by atoms with E-state index < -0.39 is 10.0 Å². The molecule has 1 fully saturated rings. The van der Waals surface area contributed by atoms with Crippen LogP contribution in [0.15, 0.2) is 59.6 Å². The lowest BCUT2D eigenvalue weighted by molar-refractivity contribution is 0.386. The number of rotatable bonds is 7. The Hall–Kier alpha value is -2.84. The van der Waals surface area contributed by atoms with Crippen molar-refractivity contribution >= 4 is 10.0 Å². The quantitative estimate of drug-likeness (QED) is 0.560. The van der Waals surface area contributed by atoms with Gasteiger partial charge in [-0.3, -0.25) is 0 Å². The molecule has 2 heterocycles. The topological polar surface area (TPSA) is 73.7 Å². The molecule has 1 aliphatic heterocycles. The van der Waals surface area contributed by atoms with Crippen molar-refractivity contribution in [3.05, 3.63) is 60.4 Å². The van der Waals surface area contributed by atoms with E-state index in [9.17, 15) is 8.42 Å². The molecule has 0 radical (unpaired) electrons. The summed E-state index contributed by atoms with van der Waals surface area (Å²) in [5, 5.41) is 0. The van der Waals surface area contributed by atoms with Crippen LogP contribution in [0.1, 0.15) is 12.1 Å². The summed E-state index contributed by atoms with van der Waals surface area (Å²) in [6, 6.07) is 14.9. The predicted octanol–water partition coefficient (Wildman–Crippen LogP) is 3.59. The molecule has 31 heavy (non-hydrogen) atoms. The fourth-order valence-electron chi connectivity index (χ4n) is 4.06. The van der Waals surface area contributed by atoms with Crippen molar-refractivity contribution in [1.82, 2.24) is 13.9 Å². The maximum Gasteiger partial charge on any atom is 0.246 e. The van der Waals surface area contributed by atoms with Gasteiger partial charge >= 0.3 is 0 Å². The fourth-order valence-corrected chi connectivity index (χ4v) is 5.76. The van der Waals surface area contributed by atoms with Crippen LogP contribution < -0.4 is 9.47 Å². The summed E-state index contributed by atoms with van der Waals surface area (Å²) in [4.78, 5) is 4.72. The first-order chi connectivity index (χ1) is 14.9. The van der Waals surface area contributed by atoms with Crippen LogP contribution >= 0.6 is 0 Å². The third kappa shape index (κ3) is 4.18. The molecule has 1 unspecified atom stereocenters. The van der Waals surface area contributed by atoms with Gasteiger partial charge in [0.05, 0.1) is 14.2 Å². The lowest BCUT2D eigenvalue weighted by Crippen LogP contribution is -2.30. The summed E-state index contributed by atoms with van der Waals surface area (Å²) in [7, 11) is -0.706. The highest BCUT2D eigenvalue weighted by Gasteiger charge is 2.35. The van der Waals surface area contributed by atoms with E-state index in [0.29, 0.717) is 24.6 Å². The smallest absolute Gasteiger partial charge is 0.246 e. The second-order valence-electron chi connectivity index (χ2n) is 7.73. The van der Waals surface area contributed by atoms with E-state index in [-0.39, 0.29) is 10.8 Å². The average molecular weight is 442 g/mol. The van der Waals surface area contributed by atoms with E-state index >= 15 is 0 Å². The third-order valence-corrected chi connectivity index (χ3v) is 7.65. The van der Waals surface area contributed by atoms with Crippen LogP contribution in [0.2, 0.25) is 0 Å². The minimum Gasteiger partial charge on any atom is -0.497 e. The Labute approximate surface area is 183 Å². The Kier molecular flexibility index (Phi) is 6.02. The third-order valence-electron chi connectivity index (χ3n) is 5.77. The Morgan fingerprint density at radius 1 is 1.10 bits per heavy atom. The van der Waals surface area contributed by atoms with E-state index in [1.807, 2.05) is 43.5 Å². The van der Waals surface area contributed by atoms with E-state index in [4.69, 9.17) is 9.47 Å². The van der Waals surface area contributed by atoms with Crippen molar-refractivity contribution in [3.63, 3.8) is 0 Å². The monoisotopic (exact) mass is 441 g/mol. The first-order valence-electron chi connectivity index (χ1n) is 10.2.